The Bertz CT molecular complexity index is 431. The second-order valence-corrected chi connectivity index (χ2v) is 3.80. The van der Waals surface area contributed by atoms with Gasteiger partial charge in [0.05, 0.1) is 23.0 Å². The third kappa shape index (κ3) is 1.89. The second-order valence-electron chi connectivity index (χ2n) is 3.39. The number of halogens is 1. The highest BCUT2D eigenvalue weighted by molar-refractivity contribution is 6.31. The fraction of sp³-hybridized carbons (Fsp3) is 0.182. The molecule has 1 aromatic heterocycles. The molecule has 0 saturated carbocycles. The van der Waals surface area contributed by atoms with Crippen LogP contribution in [0.15, 0.2) is 36.5 Å². The Kier molecular flexibility index (Phi) is 2.75. The summed E-state index contributed by atoms with van der Waals surface area (Å²) in [7, 11) is 1.84. The van der Waals surface area contributed by atoms with Crippen LogP contribution in [-0.4, -0.2) is 9.78 Å². The van der Waals surface area contributed by atoms with Crippen LogP contribution < -0.4 is 5.73 Å². The smallest absolute Gasteiger partial charge is 0.0837 e. The molecule has 0 amide bonds. The van der Waals surface area contributed by atoms with Crippen molar-refractivity contribution in [2.75, 3.05) is 0 Å². The first-order valence-electron chi connectivity index (χ1n) is 4.68. The van der Waals surface area contributed by atoms with Crippen LogP contribution >= 0.6 is 11.6 Å². The largest absolute Gasteiger partial charge is 0.319 e. The molecule has 2 rings (SSSR count). The van der Waals surface area contributed by atoms with E-state index in [4.69, 9.17) is 17.3 Å². The van der Waals surface area contributed by atoms with Crippen LogP contribution in [0.3, 0.4) is 0 Å². The van der Waals surface area contributed by atoms with Gasteiger partial charge in [0.1, 0.15) is 0 Å². The third-order valence-electron chi connectivity index (χ3n) is 2.39. The Morgan fingerprint density at radius 1 is 1.33 bits per heavy atom. The molecule has 0 radical (unpaired) electrons. The van der Waals surface area contributed by atoms with E-state index in [0.717, 1.165) is 11.3 Å². The molecule has 0 saturated heterocycles. The summed E-state index contributed by atoms with van der Waals surface area (Å²) in [5.74, 6) is 0. The van der Waals surface area contributed by atoms with Gasteiger partial charge in [0.25, 0.3) is 0 Å². The van der Waals surface area contributed by atoms with Crippen LogP contribution in [0.4, 0.5) is 0 Å². The lowest BCUT2D eigenvalue weighted by Crippen LogP contribution is -2.16. The van der Waals surface area contributed by atoms with E-state index in [-0.39, 0.29) is 6.04 Å². The summed E-state index contributed by atoms with van der Waals surface area (Å²) in [4.78, 5) is 0. The van der Waals surface area contributed by atoms with E-state index in [1.165, 1.54) is 0 Å². The van der Waals surface area contributed by atoms with Gasteiger partial charge in [-0.15, -0.1) is 0 Å². The molecule has 1 unspecified atom stereocenters. The number of benzene rings is 1. The Balaban J connectivity index is 2.41. The van der Waals surface area contributed by atoms with Gasteiger partial charge in [-0.25, -0.2) is 0 Å². The van der Waals surface area contributed by atoms with E-state index in [1.54, 1.807) is 10.9 Å². The van der Waals surface area contributed by atoms with Crippen molar-refractivity contribution < 1.29 is 0 Å². The van der Waals surface area contributed by atoms with Crippen molar-refractivity contribution in [3.63, 3.8) is 0 Å². The van der Waals surface area contributed by atoms with Crippen LogP contribution in [0.2, 0.25) is 5.02 Å². The van der Waals surface area contributed by atoms with Crippen LogP contribution in [0.5, 0.6) is 0 Å². The summed E-state index contributed by atoms with van der Waals surface area (Å²) in [5, 5.41) is 4.67. The van der Waals surface area contributed by atoms with E-state index in [2.05, 4.69) is 5.10 Å². The predicted octanol–water partition coefficient (Wildman–Crippen LogP) is 2.12. The number of aromatic nitrogens is 2. The van der Waals surface area contributed by atoms with Gasteiger partial charge in [0, 0.05) is 7.05 Å². The van der Waals surface area contributed by atoms with Crippen molar-refractivity contribution in [1.29, 1.82) is 0 Å². The maximum atomic E-state index is 6.12. The lowest BCUT2D eigenvalue weighted by Gasteiger charge is -2.12. The molecule has 0 aliphatic carbocycles. The summed E-state index contributed by atoms with van der Waals surface area (Å²) in [6.45, 7) is 0. The Morgan fingerprint density at radius 2 is 2.00 bits per heavy atom. The monoisotopic (exact) mass is 221 g/mol. The number of aryl methyl sites for hydroxylation is 1. The highest BCUT2D eigenvalue weighted by Crippen LogP contribution is 2.25. The topological polar surface area (TPSA) is 43.8 Å². The summed E-state index contributed by atoms with van der Waals surface area (Å²) in [5.41, 5.74) is 7.98. The molecule has 2 N–H and O–H groups in total. The summed E-state index contributed by atoms with van der Waals surface area (Å²) < 4.78 is 1.71. The number of nitrogens with two attached hydrogens (primary N) is 1. The molecule has 0 spiro atoms. The first kappa shape index (κ1) is 10.2. The van der Waals surface area contributed by atoms with E-state index in [1.807, 2.05) is 37.4 Å². The summed E-state index contributed by atoms with van der Waals surface area (Å²) in [6.07, 6.45) is 1.61. The van der Waals surface area contributed by atoms with E-state index < -0.39 is 0 Å². The zero-order valence-corrected chi connectivity index (χ0v) is 9.15. The van der Waals surface area contributed by atoms with Gasteiger partial charge in [-0.05, 0) is 5.56 Å². The predicted molar refractivity (Wildman–Crippen MR) is 60.7 cm³/mol. The first-order chi connectivity index (χ1) is 7.20. The Labute approximate surface area is 93.5 Å². The molecule has 0 aliphatic heterocycles. The third-order valence-corrected chi connectivity index (χ3v) is 2.68. The molecule has 78 valence electrons. The van der Waals surface area contributed by atoms with Crippen molar-refractivity contribution in [3.05, 3.63) is 52.8 Å². The Morgan fingerprint density at radius 3 is 2.53 bits per heavy atom. The minimum Gasteiger partial charge on any atom is -0.319 e. The van der Waals surface area contributed by atoms with E-state index in [9.17, 15) is 0 Å². The maximum absolute atomic E-state index is 6.12. The molecule has 15 heavy (non-hydrogen) atoms. The van der Waals surface area contributed by atoms with Crippen molar-refractivity contribution in [1.82, 2.24) is 9.78 Å². The molecule has 3 nitrogen and oxygen atoms in total. The molecule has 1 aromatic carbocycles. The zero-order valence-electron chi connectivity index (χ0n) is 8.39. The van der Waals surface area contributed by atoms with Crippen LogP contribution in [0.25, 0.3) is 0 Å². The van der Waals surface area contributed by atoms with Gasteiger partial charge in [-0.3, -0.25) is 4.68 Å². The maximum Gasteiger partial charge on any atom is 0.0837 e. The SMILES string of the molecule is Cn1ncc(Cl)c1C(N)c1ccccc1. The van der Waals surface area contributed by atoms with Gasteiger partial charge >= 0.3 is 0 Å². The molecule has 2 aromatic rings. The van der Waals surface area contributed by atoms with Gasteiger partial charge in [0.15, 0.2) is 0 Å². The summed E-state index contributed by atoms with van der Waals surface area (Å²) in [6, 6.07) is 9.60. The van der Waals surface area contributed by atoms with Crippen molar-refractivity contribution in [2.45, 2.75) is 6.04 Å². The molecule has 1 atom stereocenters. The molecule has 4 heteroatoms. The van der Waals surface area contributed by atoms with Gasteiger partial charge in [-0.1, -0.05) is 41.9 Å². The average Bonchev–Trinajstić information content (AvgIpc) is 2.59. The molecular weight excluding hydrogens is 210 g/mol. The highest BCUT2D eigenvalue weighted by Gasteiger charge is 2.16. The second kappa shape index (κ2) is 4.04. The number of rotatable bonds is 2. The average molecular weight is 222 g/mol. The minimum absolute atomic E-state index is 0.230. The van der Waals surface area contributed by atoms with Crippen LogP contribution in [0, 0.1) is 0 Å². The Hall–Kier alpha value is -1.32. The standard InChI is InChI=1S/C11H12ClN3/c1-15-11(9(12)7-14-15)10(13)8-5-3-2-4-6-8/h2-7,10H,13H2,1H3. The van der Waals surface area contributed by atoms with E-state index >= 15 is 0 Å². The fourth-order valence-corrected chi connectivity index (χ4v) is 1.87. The lowest BCUT2D eigenvalue weighted by atomic mass is 10.1. The van der Waals surface area contributed by atoms with Crippen LogP contribution in [-0.2, 0) is 7.05 Å². The summed E-state index contributed by atoms with van der Waals surface area (Å²) >= 11 is 6.03. The fourth-order valence-electron chi connectivity index (χ4n) is 1.59. The molecule has 1 heterocycles. The normalized spacial score (nSPS) is 12.7. The highest BCUT2D eigenvalue weighted by atomic mass is 35.5. The zero-order chi connectivity index (χ0) is 10.8. The molecule has 0 bridgehead atoms. The van der Waals surface area contributed by atoms with E-state index in [0.29, 0.717) is 5.02 Å². The molecular formula is C11H12ClN3. The minimum atomic E-state index is -0.230. The van der Waals surface area contributed by atoms with Gasteiger partial charge in [-0.2, -0.15) is 5.10 Å². The van der Waals surface area contributed by atoms with Crippen molar-refractivity contribution >= 4 is 11.6 Å². The quantitative estimate of drug-likeness (QED) is 0.844. The number of hydrogen-bond donors (Lipinski definition) is 1. The van der Waals surface area contributed by atoms with Crippen molar-refractivity contribution in [3.8, 4) is 0 Å². The van der Waals surface area contributed by atoms with Gasteiger partial charge in [0.2, 0.25) is 0 Å². The number of hydrogen-bond acceptors (Lipinski definition) is 2. The van der Waals surface area contributed by atoms with Crippen LogP contribution in [0.1, 0.15) is 17.3 Å². The van der Waals surface area contributed by atoms with Crippen molar-refractivity contribution in [2.24, 2.45) is 12.8 Å². The van der Waals surface area contributed by atoms with Gasteiger partial charge < -0.3 is 5.73 Å². The first-order valence-corrected chi connectivity index (χ1v) is 5.06. The number of nitrogens with zero attached hydrogens (tertiary/aromatic N) is 2. The lowest BCUT2D eigenvalue weighted by molar-refractivity contribution is 0.673. The molecule has 0 aliphatic rings. The molecule has 0 fully saturated rings.